The van der Waals surface area contributed by atoms with E-state index in [0.29, 0.717) is 23.8 Å². The van der Waals surface area contributed by atoms with Crippen LogP contribution in [-0.2, 0) is 4.79 Å². The molecular formula is C23H26N4O2. The zero-order valence-corrected chi connectivity index (χ0v) is 16.8. The molecule has 2 N–H and O–H groups in total. The van der Waals surface area contributed by atoms with Crippen LogP contribution in [0.2, 0.25) is 0 Å². The van der Waals surface area contributed by atoms with Crippen LogP contribution in [-0.4, -0.2) is 28.8 Å². The lowest BCUT2D eigenvalue weighted by Gasteiger charge is -2.34. The molecule has 29 heavy (non-hydrogen) atoms. The fourth-order valence-electron chi connectivity index (χ4n) is 4.80. The Bertz CT molecular complexity index is 1050. The number of nitrogens with one attached hydrogen (secondary N) is 2. The number of aromatic nitrogens is 2. The molecule has 0 saturated carbocycles. The van der Waals surface area contributed by atoms with Gasteiger partial charge in [-0.05, 0) is 44.6 Å². The van der Waals surface area contributed by atoms with E-state index in [1.54, 1.807) is 0 Å². The molecule has 2 aliphatic heterocycles. The summed E-state index contributed by atoms with van der Waals surface area (Å²) in [5.41, 5.74) is 4.20. The molecule has 1 fully saturated rings. The molecule has 150 valence electrons. The minimum Gasteiger partial charge on any atom is -0.343 e. The summed E-state index contributed by atoms with van der Waals surface area (Å²) in [7, 11) is 0. The number of carbonyl (C=O) groups excluding carboxylic acids is 1. The quantitative estimate of drug-likeness (QED) is 0.819. The Morgan fingerprint density at radius 2 is 1.76 bits per heavy atom. The van der Waals surface area contributed by atoms with E-state index in [4.69, 9.17) is 4.98 Å². The number of H-pyrrole nitrogens is 1. The minimum absolute atomic E-state index is 0.134. The lowest BCUT2D eigenvalue weighted by atomic mass is 9.76. The highest BCUT2D eigenvalue weighted by atomic mass is 16.1. The van der Waals surface area contributed by atoms with Crippen LogP contribution in [0.1, 0.15) is 61.1 Å². The first-order valence-electron chi connectivity index (χ1n) is 10.6. The molecule has 3 aliphatic rings. The fraction of sp³-hybridized carbons (Fsp3) is 0.435. The number of carbonyl (C=O) groups is 1. The second-order valence-electron chi connectivity index (χ2n) is 8.34. The molecule has 6 nitrogen and oxygen atoms in total. The third kappa shape index (κ3) is 3.16. The molecule has 1 aliphatic carbocycles. The number of rotatable bonds is 2. The highest BCUT2D eigenvalue weighted by Crippen LogP contribution is 2.43. The first-order valence-corrected chi connectivity index (χ1v) is 10.6. The molecule has 0 bridgehead atoms. The topological polar surface area (TPSA) is 78.1 Å². The van der Waals surface area contributed by atoms with Gasteiger partial charge in [-0.3, -0.25) is 14.6 Å². The normalized spacial score (nSPS) is 21.5. The van der Waals surface area contributed by atoms with Gasteiger partial charge in [-0.2, -0.15) is 4.98 Å². The number of benzene rings is 1. The lowest BCUT2D eigenvalue weighted by Crippen LogP contribution is -2.36. The van der Waals surface area contributed by atoms with Crippen molar-refractivity contribution in [2.75, 3.05) is 23.3 Å². The second-order valence-corrected chi connectivity index (χ2v) is 8.34. The predicted octanol–water partition coefficient (Wildman–Crippen LogP) is 3.63. The minimum atomic E-state index is -0.360. The summed E-state index contributed by atoms with van der Waals surface area (Å²) in [4.78, 5) is 36.1. The molecule has 0 radical (unpaired) electrons. The standard InChI is InChI=1S/C23H26N4O2/c1-14-8-10-15(11-9-14)18-19-16(6-5-7-17(19)28)24-21-20(18)22(29)26-23(25-21)27-12-3-2-4-13-27/h8-11,18H,2-7,12-13H2,1H3,(H2,24,25,26,29). The second kappa shape index (κ2) is 7.17. The van der Waals surface area contributed by atoms with Gasteiger partial charge in [0, 0.05) is 36.7 Å². The van der Waals surface area contributed by atoms with E-state index < -0.39 is 0 Å². The van der Waals surface area contributed by atoms with Gasteiger partial charge in [-0.15, -0.1) is 0 Å². The molecular weight excluding hydrogens is 364 g/mol. The van der Waals surface area contributed by atoms with Crippen molar-refractivity contribution in [3.63, 3.8) is 0 Å². The van der Waals surface area contributed by atoms with E-state index in [2.05, 4.69) is 15.2 Å². The molecule has 1 atom stereocenters. The van der Waals surface area contributed by atoms with E-state index in [0.717, 1.165) is 61.2 Å². The number of Topliss-reactive ketones (excluding diaryl/α,β-unsaturated/α-hetero) is 1. The largest absolute Gasteiger partial charge is 0.343 e. The Morgan fingerprint density at radius 1 is 1.00 bits per heavy atom. The summed E-state index contributed by atoms with van der Waals surface area (Å²) in [5, 5.41) is 3.36. The number of hydrogen-bond donors (Lipinski definition) is 2. The van der Waals surface area contributed by atoms with Crippen molar-refractivity contribution in [2.24, 2.45) is 0 Å². The SMILES string of the molecule is Cc1ccc(C2C3=C(CCCC3=O)Nc3nc(N4CCCCC4)[nH]c(=O)c32)cc1. The van der Waals surface area contributed by atoms with Gasteiger partial charge in [0.25, 0.3) is 5.56 Å². The zero-order chi connectivity index (χ0) is 20.0. The molecule has 1 unspecified atom stereocenters. The maximum atomic E-state index is 13.3. The number of aryl methyl sites for hydroxylation is 1. The number of hydrogen-bond acceptors (Lipinski definition) is 5. The summed E-state index contributed by atoms with van der Waals surface area (Å²) in [6.45, 7) is 3.86. The number of allylic oxidation sites excluding steroid dienone is 2. The van der Waals surface area contributed by atoms with Gasteiger partial charge < -0.3 is 10.2 Å². The number of piperidine rings is 1. The summed E-state index contributed by atoms with van der Waals surface area (Å²) in [6.07, 6.45) is 5.64. The first kappa shape index (κ1) is 18.2. The maximum Gasteiger partial charge on any atom is 0.258 e. The number of ketones is 1. The molecule has 3 heterocycles. The van der Waals surface area contributed by atoms with Crippen molar-refractivity contribution in [3.05, 3.63) is 62.6 Å². The van der Waals surface area contributed by atoms with Crippen LogP contribution in [0.15, 0.2) is 40.3 Å². The van der Waals surface area contributed by atoms with Crippen molar-refractivity contribution >= 4 is 17.5 Å². The van der Waals surface area contributed by atoms with Crippen LogP contribution in [0.4, 0.5) is 11.8 Å². The molecule has 1 aromatic heterocycles. The first-order chi connectivity index (χ1) is 14.1. The van der Waals surface area contributed by atoms with Crippen LogP contribution in [0.25, 0.3) is 0 Å². The number of anilines is 2. The highest BCUT2D eigenvalue weighted by molar-refractivity contribution is 6.00. The lowest BCUT2D eigenvalue weighted by molar-refractivity contribution is -0.116. The molecule has 2 aromatic rings. The number of nitrogens with zero attached hydrogens (tertiary/aromatic N) is 2. The number of aromatic amines is 1. The monoisotopic (exact) mass is 390 g/mol. The molecule has 0 amide bonds. The summed E-state index contributed by atoms with van der Waals surface area (Å²) in [5.74, 6) is 1.01. The Morgan fingerprint density at radius 3 is 2.52 bits per heavy atom. The number of fused-ring (bicyclic) bond motifs is 1. The van der Waals surface area contributed by atoms with Gasteiger partial charge >= 0.3 is 0 Å². The van der Waals surface area contributed by atoms with Crippen molar-refractivity contribution in [3.8, 4) is 0 Å². The van der Waals surface area contributed by atoms with Gasteiger partial charge in [0.1, 0.15) is 5.82 Å². The molecule has 0 spiro atoms. The Kier molecular flexibility index (Phi) is 4.49. The fourth-order valence-corrected chi connectivity index (χ4v) is 4.80. The Hall–Kier alpha value is -2.89. The summed E-state index contributed by atoms with van der Waals surface area (Å²) >= 11 is 0. The average Bonchev–Trinajstić information content (AvgIpc) is 2.74. The van der Waals surface area contributed by atoms with E-state index in [-0.39, 0.29) is 17.3 Å². The van der Waals surface area contributed by atoms with E-state index in [1.807, 2.05) is 31.2 Å². The summed E-state index contributed by atoms with van der Waals surface area (Å²) in [6, 6.07) is 8.13. The maximum absolute atomic E-state index is 13.3. The molecule has 6 heteroatoms. The summed E-state index contributed by atoms with van der Waals surface area (Å²) < 4.78 is 0. The van der Waals surface area contributed by atoms with Crippen LogP contribution in [0.3, 0.4) is 0 Å². The molecule has 1 aromatic carbocycles. The van der Waals surface area contributed by atoms with Gasteiger partial charge in [0.2, 0.25) is 5.95 Å². The van der Waals surface area contributed by atoms with Gasteiger partial charge in [-0.1, -0.05) is 29.8 Å². The van der Waals surface area contributed by atoms with Gasteiger partial charge in [0.15, 0.2) is 5.78 Å². The third-order valence-corrected chi connectivity index (χ3v) is 6.31. The van der Waals surface area contributed by atoms with E-state index in [1.165, 1.54) is 6.42 Å². The van der Waals surface area contributed by atoms with Crippen molar-refractivity contribution in [2.45, 2.75) is 51.4 Å². The molecule has 5 rings (SSSR count). The van der Waals surface area contributed by atoms with Gasteiger partial charge in [0.05, 0.1) is 5.56 Å². The van der Waals surface area contributed by atoms with E-state index in [9.17, 15) is 9.59 Å². The molecule has 1 saturated heterocycles. The van der Waals surface area contributed by atoms with Crippen molar-refractivity contribution in [1.29, 1.82) is 0 Å². The van der Waals surface area contributed by atoms with Crippen LogP contribution in [0, 0.1) is 6.92 Å². The van der Waals surface area contributed by atoms with Crippen LogP contribution >= 0.6 is 0 Å². The highest BCUT2D eigenvalue weighted by Gasteiger charge is 2.38. The van der Waals surface area contributed by atoms with Crippen molar-refractivity contribution < 1.29 is 4.79 Å². The Balaban J connectivity index is 1.67. The zero-order valence-electron chi connectivity index (χ0n) is 16.8. The smallest absolute Gasteiger partial charge is 0.258 e. The van der Waals surface area contributed by atoms with E-state index >= 15 is 0 Å². The Labute approximate surface area is 170 Å². The van der Waals surface area contributed by atoms with Gasteiger partial charge in [-0.25, -0.2) is 0 Å². The van der Waals surface area contributed by atoms with Crippen LogP contribution < -0.4 is 15.8 Å². The van der Waals surface area contributed by atoms with Crippen molar-refractivity contribution in [1.82, 2.24) is 9.97 Å². The average molecular weight is 390 g/mol. The third-order valence-electron chi connectivity index (χ3n) is 6.31. The predicted molar refractivity (Wildman–Crippen MR) is 113 cm³/mol. The van der Waals surface area contributed by atoms with Crippen LogP contribution in [0.5, 0.6) is 0 Å².